The molecule has 0 N–H and O–H groups in total. The van der Waals surface area contributed by atoms with Gasteiger partial charge in [0.2, 0.25) is 10.0 Å². The van der Waals surface area contributed by atoms with Gasteiger partial charge in [-0.25, -0.2) is 13.4 Å². The first-order valence-corrected chi connectivity index (χ1v) is 12.9. The second kappa shape index (κ2) is 9.72. The molecule has 0 bridgehead atoms. The molecule has 0 saturated carbocycles. The summed E-state index contributed by atoms with van der Waals surface area (Å²) in [5.74, 6) is 0.835. The first kappa shape index (κ1) is 22.3. The van der Waals surface area contributed by atoms with Crippen LogP contribution >= 0.6 is 11.3 Å². The smallest absolute Gasteiger partial charge is 0.273 e. The Labute approximate surface area is 187 Å². The van der Waals surface area contributed by atoms with Crippen molar-refractivity contribution in [3.63, 3.8) is 0 Å². The van der Waals surface area contributed by atoms with Gasteiger partial charge in [-0.3, -0.25) is 0 Å². The lowest BCUT2D eigenvalue weighted by Gasteiger charge is -2.41. The molecule has 170 valence electrons. The minimum atomic E-state index is -3.65. The number of hydrogen-bond donors (Lipinski definition) is 0. The van der Waals surface area contributed by atoms with Crippen molar-refractivity contribution >= 4 is 21.4 Å². The van der Waals surface area contributed by atoms with Gasteiger partial charge in [0.15, 0.2) is 0 Å². The van der Waals surface area contributed by atoms with Crippen LogP contribution in [0, 0.1) is 0 Å². The number of likely N-dealkylation sites (tertiary alicyclic amines) is 1. The Balaban J connectivity index is 1.33. The molecule has 8 nitrogen and oxygen atoms in total. The molecule has 2 aliphatic heterocycles. The van der Waals surface area contributed by atoms with Crippen molar-refractivity contribution in [3.05, 3.63) is 29.8 Å². The average molecular weight is 468 g/mol. The maximum Gasteiger partial charge on any atom is 0.273 e. The minimum Gasteiger partial charge on any atom is -0.497 e. The summed E-state index contributed by atoms with van der Waals surface area (Å²) in [4.78, 5) is 6.85. The van der Waals surface area contributed by atoms with Crippen LogP contribution < -0.4 is 14.2 Å². The van der Waals surface area contributed by atoms with Gasteiger partial charge < -0.3 is 19.1 Å². The van der Waals surface area contributed by atoms with Gasteiger partial charge in [0.25, 0.3) is 5.19 Å². The molecule has 0 spiro atoms. The van der Waals surface area contributed by atoms with Gasteiger partial charge in [-0.15, -0.1) is 0 Å². The molecule has 10 heteroatoms. The highest BCUT2D eigenvalue weighted by molar-refractivity contribution is 7.89. The van der Waals surface area contributed by atoms with Gasteiger partial charge in [0, 0.05) is 49.9 Å². The molecular weight excluding hydrogens is 438 g/mol. The molecular formula is C21H29N3O5S2. The summed E-state index contributed by atoms with van der Waals surface area (Å²) in [6, 6.07) is 5.27. The van der Waals surface area contributed by atoms with E-state index in [9.17, 15) is 8.42 Å². The van der Waals surface area contributed by atoms with Gasteiger partial charge in [0.05, 0.1) is 14.2 Å². The average Bonchev–Trinajstić information content (AvgIpc) is 3.32. The molecule has 2 aromatic rings. The van der Waals surface area contributed by atoms with E-state index in [0.717, 1.165) is 44.0 Å². The fourth-order valence-corrected chi connectivity index (χ4v) is 6.53. The fourth-order valence-electron chi connectivity index (χ4n) is 4.34. The van der Waals surface area contributed by atoms with E-state index in [4.69, 9.17) is 14.2 Å². The standard InChI is InChI=1S/C21H29N3O5S2/c1-27-18-3-4-19(28-2)20(15-18)31(25,26)24-12-5-16(6-13-24)23-10-7-17(8-11-23)29-21-22-9-14-30-21/h3-4,9,14-17H,5-8,10-13H2,1-2H3. The predicted octanol–water partition coefficient (Wildman–Crippen LogP) is 2.86. The number of aromatic nitrogens is 1. The topological polar surface area (TPSA) is 81.2 Å². The van der Waals surface area contributed by atoms with E-state index in [1.165, 1.54) is 31.6 Å². The number of rotatable bonds is 7. The Bertz CT molecular complexity index is 951. The SMILES string of the molecule is COc1ccc(OC)c(S(=O)(=O)N2CCC(N3CCC(Oc4nccs4)CC3)CC2)c1. The summed E-state index contributed by atoms with van der Waals surface area (Å²) < 4.78 is 44.6. The number of sulfonamides is 1. The first-order chi connectivity index (χ1) is 15.0. The number of methoxy groups -OCH3 is 2. The number of thiazole rings is 1. The van der Waals surface area contributed by atoms with Crippen molar-refractivity contribution in [1.82, 2.24) is 14.2 Å². The Kier molecular flexibility index (Phi) is 7.00. The van der Waals surface area contributed by atoms with Crippen LogP contribution in [0.25, 0.3) is 0 Å². The van der Waals surface area contributed by atoms with Gasteiger partial charge in [-0.05, 0) is 37.8 Å². The highest BCUT2D eigenvalue weighted by atomic mass is 32.2. The van der Waals surface area contributed by atoms with Gasteiger partial charge in [0.1, 0.15) is 22.5 Å². The van der Waals surface area contributed by atoms with E-state index in [0.29, 0.717) is 30.6 Å². The number of ether oxygens (including phenoxy) is 3. The van der Waals surface area contributed by atoms with E-state index in [2.05, 4.69) is 9.88 Å². The predicted molar refractivity (Wildman–Crippen MR) is 119 cm³/mol. The summed E-state index contributed by atoms with van der Waals surface area (Å²) in [5, 5.41) is 2.66. The summed E-state index contributed by atoms with van der Waals surface area (Å²) in [6.45, 7) is 2.94. The zero-order valence-electron chi connectivity index (χ0n) is 17.9. The van der Waals surface area contributed by atoms with Crippen LogP contribution in [-0.4, -0.2) is 75.2 Å². The molecule has 0 atom stereocenters. The van der Waals surface area contributed by atoms with Crippen molar-refractivity contribution in [2.75, 3.05) is 40.4 Å². The fraction of sp³-hybridized carbons (Fsp3) is 0.571. The van der Waals surface area contributed by atoms with Crippen LogP contribution in [0.5, 0.6) is 16.7 Å². The Hall–Kier alpha value is -1.88. The molecule has 1 aromatic heterocycles. The Morgan fingerprint density at radius 3 is 2.39 bits per heavy atom. The molecule has 1 aromatic carbocycles. The number of hydrogen-bond acceptors (Lipinski definition) is 8. The van der Waals surface area contributed by atoms with Gasteiger partial charge >= 0.3 is 0 Å². The molecule has 2 fully saturated rings. The van der Waals surface area contributed by atoms with Crippen molar-refractivity contribution in [1.29, 1.82) is 0 Å². The molecule has 3 heterocycles. The highest BCUT2D eigenvalue weighted by Gasteiger charge is 2.35. The monoisotopic (exact) mass is 467 g/mol. The lowest BCUT2D eigenvalue weighted by Crippen LogP contribution is -2.50. The molecule has 0 unspecified atom stereocenters. The largest absolute Gasteiger partial charge is 0.497 e. The third-order valence-corrected chi connectivity index (χ3v) is 8.66. The maximum atomic E-state index is 13.3. The van der Waals surface area contributed by atoms with Crippen LogP contribution in [-0.2, 0) is 10.0 Å². The Morgan fingerprint density at radius 2 is 1.77 bits per heavy atom. The molecule has 2 saturated heterocycles. The summed E-state index contributed by atoms with van der Waals surface area (Å²) in [7, 11) is -0.642. The summed E-state index contributed by atoms with van der Waals surface area (Å²) in [5.41, 5.74) is 0. The first-order valence-electron chi connectivity index (χ1n) is 10.5. The molecule has 4 rings (SSSR count). The van der Waals surface area contributed by atoms with Crippen LogP contribution in [0.15, 0.2) is 34.7 Å². The van der Waals surface area contributed by atoms with E-state index < -0.39 is 10.0 Å². The normalized spacial score (nSPS) is 19.9. The minimum absolute atomic E-state index is 0.160. The maximum absolute atomic E-state index is 13.3. The molecule has 0 aliphatic carbocycles. The lowest BCUT2D eigenvalue weighted by atomic mass is 10.00. The van der Waals surface area contributed by atoms with Crippen LogP contribution in [0.1, 0.15) is 25.7 Å². The zero-order valence-corrected chi connectivity index (χ0v) is 19.5. The Morgan fingerprint density at radius 1 is 1.03 bits per heavy atom. The van der Waals surface area contributed by atoms with Crippen LogP contribution in [0.3, 0.4) is 0 Å². The summed E-state index contributed by atoms with van der Waals surface area (Å²) in [6.07, 6.45) is 5.56. The number of piperidine rings is 2. The van der Waals surface area contributed by atoms with Crippen molar-refractivity contribution in [2.24, 2.45) is 0 Å². The third kappa shape index (κ3) is 4.97. The van der Waals surface area contributed by atoms with Gasteiger partial charge in [-0.1, -0.05) is 11.3 Å². The zero-order chi connectivity index (χ0) is 21.8. The second-order valence-electron chi connectivity index (χ2n) is 7.80. The van der Waals surface area contributed by atoms with Crippen molar-refractivity contribution in [2.45, 2.75) is 42.7 Å². The molecule has 2 aliphatic rings. The number of benzene rings is 1. The van der Waals surface area contributed by atoms with E-state index in [1.807, 2.05) is 5.38 Å². The molecule has 31 heavy (non-hydrogen) atoms. The lowest BCUT2D eigenvalue weighted by molar-refractivity contribution is 0.0584. The van der Waals surface area contributed by atoms with Crippen LogP contribution in [0.2, 0.25) is 0 Å². The number of nitrogens with zero attached hydrogens (tertiary/aromatic N) is 3. The van der Waals surface area contributed by atoms with Crippen molar-refractivity contribution < 1.29 is 22.6 Å². The quantitative estimate of drug-likeness (QED) is 0.619. The van der Waals surface area contributed by atoms with Gasteiger partial charge in [-0.2, -0.15) is 4.31 Å². The third-order valence-electron chi connectivity index (χ3n) is 6.08. The van der Waals surface area contributed by atoms with Crippen molar-refractivity contribution in [3.8, 4) is 16.7 Å². The van der Waals surface area contributed by atoms with E-state index in [1.54, 1.807) is 22.6 Å². The second-order valence-corrected chi connectivity index (χ2v) is 10.6. The van der Waals surface area contributed by atoms with E-state index >= 15 is 0 Å². The van der Waals surface area contributed by atoms with E-state index in [-0.39, 0.29) is 11.0 Å². The molecule has 0 amide bonds. The molecule has 0 radical (unpaired) electrons. The summed E-state index contributed by atoms with van der Waals surface area (Å²) >= 11 is 1.52. The van der Waals surface area contributed by atoms with Crippen LogP contribution in [0.4, 0.5) is 0 Å². The highest BCUT2D eigenvalue weighted by Crippen LogP contribution is 2.33.